The Balaban J connectivity index is 1.03. The summed E-state index contributed by atoms with van der Waals surface area (Å²) in [5.41, 5.74) is 16.8. The van der Waals surface area contributed by atoms with Gasteiger partial charge >= 0.3 is 0 Å². The largest absolute Gasteiger partial charge is 0.309 e. The van der Waals surface area contributed by atoms with Gasteiger partial charge in [-0.05, 0) is 117 Å². The molecule has 0 amide bonds. The van der Waals surface area contributed by atoms with Crippen LogP contribution >= 0.6 is 0 Å². The van der Waals surface area contributed by atoms with Crippen molar-refractivity contribution < 1.29 is 0 Å². The minimum Gasteiger partial charge on any atom is -0.309 e. The smallest absolute Gasteiger partial charge is 0.179 e. The Morgan fingerprint density at radius 2 is 0.786 bits per heavy atom. The normalized spacial score (nSPS) is 14.8. The fourth-order valence-corrected chi connectivity index (χ4v) is 25.0. The van der Waals surface area contributed by atoms with E-state index < -0.39 is 16.1 Å². The third-order valence-corrected chi connectivity index (χ3v) is 28.0. The number of allylic oxidation sites excluding steroid dienone is 5. The molecular weight excluding hydrogens is 1040 g/mol. The number of benzene rings is 12. The molecule has 13 aromatic rings. The van der Waals surface area contributed by atoms with Crippen LogP contribution in [0.3, 0.4) is 0 Å². The van der Waals surface area contributed by atoms with E-state index in [1.54, 1.807) is 0 Å². The van der Waals surface area contributed by atoms with E-state index in [0.717, 1.165) is 0 Å². The molecule has 3 aliphatic rings. The average molecular weight is 1100 g/mol. The maximum atomic E-state index is 4.64. The van der Waals surface area contributed by atoms with Gasteiger partial charge in [0.15, 0.2) is 16.1 Å². The van der Waals surface area contributed by atoms with E-state index in [1.165, 1.54) is 125 Å². The predicted molar refractivity (Wildman–Crippen MR) is 360 cm³/mol. The number of hydrogen-bond acceptors (Lipinski definition) is 0. The maximum Gasteiger partial charge on any atom is 0.179 e. The van der Waals surface area contributed by atoms with E-state index in [-0.39, 0.29) is 11.8 Å². The second-order valence-electron chi connectivity index (χ2n) is 22.6. The highest BCUT2D eigenvalue weighted by Crippen LogP contribution is 2.59. The first-order valence-electron chi connectivity index (χ1n) is 29.4. The van der Waals surface area contributed by atoms with E-state index in [9.17, 15) is 0 Å². The van der Waals surface area contributed by atoms with Gasteiger partial charge in [-0.3, -0.25) is 0 Å². The molecule has 2 bridgehead atoms. The van der Waals surface area contributed by atoms with Gasteiger partial charge in [0.05, 0.1) is 16.7 Å². The Morgan fingerprint density at radius 1 is 0.357 bits per heavy atom. The van der Waals surface area contributed by atoms with E-state index in [1.807, 2.05) is 0 Å². The summed E-state index contributed by atoms with van der Waals surface area (Å²) in [5.74, 6) is -0.115. The number of para-hydroxylation sites is 1. The van der Waals surface area contributed by atoms with E-state index in [0.29, 0.717) is 0 Å². The highest BCUT2D eigenvalue weighted by Gasteiger charge is 2.51. The predicted octanol–water partition coefficient (Wildman–Crippen LogP) is 15.2. The second-order valence-corrected chi connectivity index (χ2v) is 30.2. The summed E-state index contributed by atoms with van der Waals surface area (Å²) in [7, 11) is -6.30. The molecule has 1 aromatic heterocycles. The van der Waals surface area contributed by atoms with Gasteiger partial charge in [-0.2, -0.15) is 0 Å². The summed E-state index contributed by atoms with van der Waals surface area (Å²) >= 11 is 0. The van der Waals surface area contributed by atoms with Gasteiger partial charge in [0.1, 0.15) is 0 Å². The van der Waals surface area contributed by atoms with Crippen molar-refractivity contribution in [3.05, 3.63) is 373 Å². The Morgan fingerprint density at radius 3 is 1.33 bits per heavy atom. The van der Waals surface area contributed by atoms with Crippen LogP contribution in [0.4, 0.5) is 0 Å². The summed E-state index contributed by atoms with van der Waals surface area (Å²) in [6.07, 6.45) is 4.52. The van der Waals surface area contributed by atoms with Crippen molar-refractivity contribution in [2.75, 3.05) is 0 Å². The summed E-state index contributed by atoms with van der Waals surface area (Å²) in [6.45, 7) is 7.09. The highest BCUT2D eigenvalue weighted by molar-refractivity contribution is 7.20. The molecule has 3 aliphatic carbocycles. The van der Waals surface area contributed by atoms with Crippen LogP contribution in [0.15, 0.2) is 351 Å². The third kappa shape index (κ3) is 7.95. The molecule has 16 rings (SSSR count). The molecule has 1 nitrogen and oxygen atoms in total. The molecular formula is C81H61NSi2. The van der Waals surface area contributed by atoms with Crippen molar-refractivity contribution in [3.8, 4) is 27.9 Å². The molecule has 0 saturated carbocycles. The van der Waals surface area contributed by atoms with E-state index >= 15 is 0 Å². The van der Waals surface area contributed by atoms with Crippen LogP contribution in [0.25, 0.3) is 49.7 Å². The minimum atomic E-state index is -3.38. The van der Waals surface area contributed by atoms with Gasteiger partial charge in [0, 0.05) is 22.6 Å². The number of fused-ring (bicyclic) bond motifs is 3. The fraction of sp³-hybridized carbons (Fsp3) is 0.0370. The van der Waals surface area contributed by atoms with Crippen molar-refractivity contribution >= 4 is 74.3 Å². The summed E-state index contributed by atoms with van der Waals surface area (Å²) < 4.78 is 2.65. The molecule has 2 atom stereocenters. The van der Waals surface area contributed by atoms with Gasteiger partial charge < -0.3 is 4.57 Å². The molecule has 0 fully saturated rings. The summed E-state index contributed by atoms with van der Waals surface area (Å²) in [4.78, 5) is 0. The van der Waals surface area contributed by atoms with Crippen LogP contribution < -0.4 is 36.3 Å². The Hall–Kier alpha value is -9.91. The molecule has 0 saturated heterocycles. The van der Waals surface area contributed by atoms with Crippen LogP contribution in [0.1, 0.15) is 41.0 Å². The molecule has 0 spiro atoms. The third-order valence-electron chi connectivity index (χ3n) is 18.4. The SMILES string of the molecule is C=C/C=C(\C1=C(C)C2c3ccccc3C1c1c2cccc1-n1c2ccccc2c2ccc([Si](c3ccccc3)(c3ccccc3)c3ccccc3)cc21)[Si](c1ccccc1)(c1cccc(-c2ccccc2)c1)c1cccc(-c2ccccc2)c1. The standard InChI is InChI=1S/C81H61NSi2/c1-3-29-77(84(65-42-20-9-21-43-65,66-44-26-34-60(54-66)58-30-10-4-11-31-58)67-45-27-35-61(55-67)59-32-12-5-13-33-59)79-57(2)78-71-47-22-23-48-72(71)81(79)80-73(78)49-28-51-75(80)82-74-50-25-24-46-69(74)70-53-52-68(56-76(70)82)83(62-36-14-6-15-37-62,63-38-16-7-17-39-63)64-40-18-8-19-41-64/h3-56,78,81H,1H2,2H3/b77-29+. The molecule has 3 heteroatoms. The van der Waals surface area contributed by atoms with Crippen LogP contribution in [0.5, 0.6) is 0 Å². The zero-order valence-electron chi connectivity index (χ0n) is 47.0. The van der Waals surface area contributed by atoms with Crippen molar-refractivity contribution in [2.24, 2.45) is 0 Å². The van der Waals surface area contributed by atoms with Crippen molar-refractivity contribution in [1.82, 2.24) is 4.57 Å². The number of rotatable bonds is 13. The number of aromatic nitrogens is 1. The summed E-state index contributed by atoms with van der Waals surface area (Å²) in [6, 6.07) is 120. The number of hydrogen-bond donors (Lipinski definition) is 0. The Kier molecular flexibility index (Phi) is 12.8. The van der Waals surface area contributed by atoms with Gasteiger partial charge in [0.2, 0.25) is 0 Å². The lowest BCUT2D eigenvalue weighted by Crippen LogP contribution is -2.74. The number of nitrogens with zero attached hydrogens (tertiary/aromatic N) is 1. The van der Waals surface area contributed by atoms with E-state index in [2.05, 4.69) is 346 Å². The van der Waals surface area contributed by atoms with Gasteiger partial charge in [0.25, 0.3) is 0 Å². The quantitative estimate of drug-likeness (QED) is 0.0616. The first kappa shape index (κ1) is 51.0. The van der Waals surface area contributed by atoms with Gasteiger partial charge in [-0.1, -0.05) is 322 Å². The Labute approximate surface area is 495 Å². The molecule has 398 valence electrons. The van der Waals surface area contributed by atoms with Crippen molar-refractivity contribution in [3.63, 3.8) is 0 Å². The molecule has 84 heavy (non-hydrogen) atoms. The zero-order chi connectivity index (χ0) is 56.2. The van der Waals surface area contributed by atoms with E-state index in [4.69, 9.17) is 0 Å². The van der Waals surface area contributed by atoms with Crippen LogP contribution in [-0.2, 0) is 0 Å². The maximum absolute atomic E-state index is 4.64. The Bertz CT molecular complexity index is 4500. The minimum absolute atomic E-state index is 0.0103. The molecule has 12 aromatic carbocycles. The molecule has 0 aliphatic heterocycles. The summed E-state index contributed by atoms with van der Waals surface area (Å²) in [5, 5.41) is 13.3. The first-order chi connectivity index (χ1) is 41.6. The van der Waals surface area contributed by atoms with Crippen LogP contribution in [-0.4, -0.2) is 20.7 Å². The molecule has 1 heterocycles. The lowest BCUT2D eigenvalue weighted by molar-refractivity contribution is 0.734. The first-order valence-corrected chi connectivity index (χ1v) is 33.4. The highest BCUT2D eigenvalue weighted by atomic mass is 28.3. The van der Waals surface area contributed by atoms with Crippen molar-refractivity contribution in [2.45, 2.75) is 18.8 Å². The second kappa shape index (κ2) is 21.1. The topological polar surface area (TPSA) is 4.93 Å². The lowest BCUT2D eigenvalue weighted by atomic mass is 9.60. The zero-order valence-corrected chi connectivity index (χ0v) is 49.0. The van der Waals surface area contributed by atoms with Crippen LogP contribution in [0, 0.1) is 0 Å². The monoisotopic (exact) mass is 1100 g/mol. The molecule has 0 radical (unpaired) electrons. The lowest BCUT2D eigenvalue weighted by Gasteiger charge is -2.48. The molecule has 0 N–H and O–H groups in total. The van der Waals surface area contributed by atoms with Gasteiger partial charge in [-0.25, -0.2) is 0 Å². The van der Waals surface area contributed by atoms with Crippen molar-refractivity contribution in [1.29, 1.82) is 0 Å². The average Bonchev–Trinajstić information content (AvgIpc) is 1.38. The van der Waals surface area contributed by atoms with Gasteiger partial charge in [-0.15, -0.1) is 0 Å². The van der Waals surface area contributed by atoms with Crippen LogP contribution in [0.2, 0.25) is 0 Å². The molecule has 2 unspecified atom stereocenters. The fourth-order valence-electron chi connectivity index (χ4n) is 15.1.